The van der Waals surface area contributed by atoms with Gasteiger partial charge in [-0.2, -0.15) is 5.26 Å². The molecule has 0 spiro atoms. The third-order valence-corrected chi connectivity index (χ3v) is 3.01. The van der Waals surface area contributed by atoms with Gasteiger partial charge >= 0.3 is 11.7 Å². The van der Waals surface area contributed by atoms with Gasteiger partial charge < -0.3 is 9.52 Å². The number of aromatic nitrogens is 1. The summed E-state index contributed by atoms with van der Waals surface area (Å²) in [6.45, 7) is 0. The Morgan fingerprint density at radius 3 is 2.75 bits per heavy atom. The molecule has 2 heterocycles. The minimum Gasteiger partial charge on any atom is -0.475 e. The van der Waals surface area contributed by atoms with Gasteiger partial charge in [-0.25, -0.2) is 9.78 Å². The molecule has 0 amide bonds. The Labute approximate surface area is 115 Å². The van der Waals surface area contributed by atoms with E-state index in [1.165, 1.54) is 18.2 Å². The van der Waals surface area contributed by atoms with Gasteiger partial charge in [-0.3, -0.25) is 10.1 Å². The van der Waals surface area contributed by atoms with E-state index >= 15 is 0 Å². The second-order valence-corrected chi connectivity index (χ2v) is 4.44. The van der Waals surface area contributed by atoms with E-state index in [9.17, 15) is 14.9 Å². The summed E-state index contributed by atoms with van der Waals surface area (Å²) in [7, 11) is 0. The minimum atomic E-state index is -1.20. The molecule has 0 fully saturated rings. The van der Waals surface area contributed by atoms with Crippen molar-refractivity contribution in [3.63, 3.8) is 0 Å². The van der Waals surface area contributed by atoms with Crippen molar-refractivity contribution < 1.29 is 19.2 Å². The van der Waals surface area contributed by atoms with E-state index in [0.717, 1.165) is 17.8 Å². The van der Waals surface area contributed by atoms with Crippen LogP contribution in [0.15, 0.2) is 38.8 Å². The molecule has 100 valence electrons. The Hall–Kier alpha value is -2.86. The van der Waals surface area contributed by atoms with Gasteiger partial charge in [-0.15, -0.1) is 0 Å². The number of nitrogens with zero attached hydrogens (tertiary/aromatic N) is 3. The lowest BCUT2D eigenvalue weighted by Gasteiger charge is -1.98. The quantitative estimate of drug-likeness (QED) is 0.670. The van der Waals surface area contributed by atoms with Gasteiger partial charge in [-0.05, 0) is 30.0 Å². The van der Waals surface area contributed by atoms with E-state index < -0.39 is 10.9 Å². The number of carboxylic acid groups (broad SMARTS) is 1. The molecule has 9 heteroatoms. The first-order valence-electron chi connectivity index (χ1n) is 5.08. The van der Waals surface area contributed by atoms with Crippen molar-refractivity contribution in [2.45, 2.75) is 10.1 Å². The van der Waals surface area contributed by atoms with Gasteiger partial charge in [0.05, 0.1) is 4.92 Å². The van der Waals surface area contributed by atoms with Crippen LogP contribution in [-0.4, -0.2) is 21.0 Å². The molecular weight excluding hydrogens is 286 g/mol. The highest BCUT2D eigenvalue weighted by Gasteiger charge is 2.17. The highest BCUT2D eigenvalue weighted by Crippen LogP contribution is 2.29. The van der Waals surface area contributed by atoms with Crippen LogP contribution in [0.5, 0.6) is 0 Å². The van der Waals surface area contributed by atoms with E-state index in [4.69, 9.17) is 14.8 Å². The van der Waals surface area contributed by atoms with Gasteiger partial charge in [0.1, 0.15) is 11.1 Å². The number of nitro groups is 1. The maximum Gasteiger partial charge on any atom is 0.371 e. The zero-order valence-corrected chi connectivity index (χ0v) is 10.5. The van der Waals surface area contributed by atoms with Crippen LogP contribution in [0.1, 0.15) is 16.2 Å². The number of nitriles is 1. The van der Waals surface area contributed by atoms with E-state index in [2.05, 4.69) is 4.98 Å². The van der Waals surface area contributed by atoms with Crippen molar-refractivity contribution >= 4 is 23.4 Å². The summed E-state index contributed by atoms with van der Waals surface area (Å²) in [6.07, 6.45) is 0. The number of pyridine rings is 1. The largest absolute Gasteiger partial charge is 0.475 e. The molecule has 1 N–H and O–H groups in total. The summed E-state index contributed by atoms with van der Waals surface area (Å²) in [6, 6.07) is 6.86. The van der Waals surface area contributed by atoms with Crippen LogP contribution in [-0.2, 0) is 0 Å². The predicted molar refractivity (Wildman–Crippen MR) is 65.4 cm³/mol. The molecular formula is C11H5N3O5S. The van der Waals surface area contributed by atoms with Crippen molar-refractivity contribution in [3.05, 3.63) is 45.8 Å². The number of furan rings is 1. The molecule has 0 atom stereocenters. The highest BCUT2D eigenvalue weighted by molar-refractivity contribution is 7.99. The van der Waals surface area contributed by atoms with E-state index in [0.29, 0.717) is 5.03 Å². The van der Waals surface area contributed by atoms with Crippen LogP contribution in [0.3, 0.4) is 0 Å². The van der Waals surface area contributed by atoms with E-state index in [-0.39, 0.29) is 22.2 Å². The van der Waals surface area contributed by atoms with Crippen molar-refractivity contribution in [2.24, 2.45) is 0 Å². The molecule has 8 nitrogen and oxygen atoms in total. The Kier molecular flexibility index (Phi) is 3.67. The summed E-state index contributed by atoms with van der Waals surface area (Å²) >= 11 is 0.961. The Morgan fingerprint density at radius 2 is 2.20 bits per heavy atom. The number of carbonyl (C=O) groups is 1. The van der Waals surface area contributed by atoms with Crippen molar-refractivity contribution in [3.8, 4) is 6.07 Å². The first kappa shape index (κ1) is 13.6. The normalized spacial score (nSPS) is 9.95. The maximum absolute atomic E-state index is 10.7. The monoisotopic (exact) mass is 291 g/mol. The summed E-state index contributed by atoms with van der Waals surface area (Å²) in [5, 5.41) is 28.7. The summed E-state index contributed by atoms with van der Waals surface area (Å²) in [4.78, 5) is 24.4. The molecule has 0 aliphatic heterocycles. The number of carboxylic acids is 1. The molecule has 2 rings (SSSR count). The van der Waals surface area contributed by atoms with Gasteiger partial charge in [0.15, 0.2) is 5.09 Å². The van der Waals surface area contributed by atoms with Crippen LogP contribution in [0.25, 0.3) is 0 Å². The smallest absolute Gasteiger partial charge is 0.371 e. The molecule has 0 saturated heterocycles. The van der Waals surface area contributed by atoms with Gasteiger partial charge in [0.2, 0.25) is 11.5 Å². The number of aromatic carboxylic acids is 1. The molecule has 0 aliphatic rings. The standard InChI is InChI=1S/C11H5N3O5S/c12-5-6-7(14(17)18)1-3-9(13-6)20-10-4-2-8(19-10)11(15)16/h1-4H,(H,15,16). The van der Waals surface area contributed by atoms with Crippen LogP contribution in [0.2, 0.25) is 0 Å². The number of hydrogen-bond donors (Lipinski definition) is 1. The Bertz CT molecular complexity index is 734. The van der Waals surface area contributed by atoms with E-state index in [1.54, 1.807) is 6.07 Å². The fourth-order valence-electron chi connectivity index (χ4n) is 1.31. The Balaban J connectivity index is 2.28. The third-order valence-electron chi connectivity index (χ3n) is 2.15. The SMILES string of the molecule is N#Cc1nc(Sc2ccc(C(=O)O)o2)ccc1[N+](=O)[O-]. The first-order valence-corrected chi connectivity index (χ1v) is 5.89. The fourth-order valence-corrected chi connectivity index (χ4v) is 2.06. The molecule has 0 unspecified atom stereocenters. The molecule has 20 heavy (non-hydrogen) atoms. The molecule has 0 bridgehead atoms. The van der Waals surface area contributed by atoms with Crippen LogP contribution in [0, 0.1) is 21.4 Å². The molecule has 0 saturated carbocycles. The van der Waals surface area contributed by atoms with E-state index in [1.807, 2.05) is 0 Å². The number of hydrogen-bond acceptors (Lipinski definition) is 7. The molecule has 0 radical (unpaired) electrons. The minimum absolute atomic E-state index is 0.227. The van der Waals surface area contributed by atoms with Crippen LogP contribution in [0.4, 0.5) is 5.69 Å². The predicted octanol–water partition coefficient (Wildman–Crippen LogP) is 2.30. The Morgan fingerprint density at radius 1 is 1.45 bits per heavy atom. The van der Waals surface area contributed by atoms with Crippen LogP contribution < -0.4 is 0 Å². The molecule has 2 aromatic rings. The zero-order chi connectivity index (χ0) is 14.7. The zero-order valence-electron chi connectivity index (χ0n) is 9.64. The number of rotatable bonds is 4. The van der Waals surface area contributed by atoms with Crippen molar-refractivity contribution in [1.29, 1.82) is 5.26 Å². The lowest BCUT2D eigenvalue weighted by Crippen LogP contribution is -1.95. The summed E-state index contributed by atoms with van der Waals surface area (Å²) in [5.74, 6) is -1.43. The third kappa shape index (κ3) is 2.76. The summed E-state index contributed by atoms with van der Waals surface area (Å²) in [5.41, 5.74) is -0.701. The average Bonchev–Trinajstić information content (AvgIpc) is 2.87. The second-order valence-electron chi connectivity index (χ2n) is 3.41. The topological polar surface area (TPSA) is 130 Å². The first-order chi connectivity index (χ1) is 9.51. The van der Waals surface area contributed by atoms with Gasteiger partial charge in [0.25, 0.3) is 0 Å². The lowest BCUT2D eigenvalue weighted by atomic mass is 10.3. The fraction of sp³-hybridized carbons (Fsp3) is 0. The average molecular weight is 291 g/mol. The van der Waals surface area contributed by atoms with Gasteiger partial charge in [-0.1, -0.05) is 0 Å². The lowest BCUT2D eigenvalue weighted by molar-refractivity contribution is -0.385. The highest BCUT2D eigenvalue weighted by atomic mass is 32.2. The molecule has 0 aliphatic carbocycles. The molecule has 2 aromatic heterocycles. The van der Waals surface area contributed by atoms with Gasteiger partial charge in [0, 0.05) is 6.07 Å². The van der Waals surface area contributed by atoms with Crippen molar-refractivity contribution in [1.82, 2.24) is 4.98 Å². The molecule has 0 aromatic carbocycles. The van der Waals surface area contributed by atoms with Crippen molar-refractivity contribution in [2.75, 3.05) is 0 Å². The van der Waals surface area contributed by atoms with Crippen LogP contribution >= 0.6 is 11.8 Å². The second kappa shape index (κ2) is 5.41. The summed E-state index contributed by atoms with van der Waals surface area (Å²) < 4.78 is 5.01. The maximum atomic E-state index is 10.7.